The summed E-state index contributed by atoms with van der Waals surface area (Å²) in [7, 11) is 0. The minimum Gasteiger partial charge on any atom is -0.545 e. The number of hydrogen-bond acceptors (Lipinski definition) is 8. The van der Waals surface area contributed by atoms with Crippen LogP contribution in [0.25, 0.3) is 0 Å². The van der Waals surface area contributed by atoms with Gasteiger partial charge in [0.05, 0.1) is 23.9 Å². The third-order valence-corrected chi connectivity index (χ3v) is 0.667. The van der Waals surface area contributed by atoms with Crippen LogP contribution in [0.3, 0.4) is 0 Å². The number of carboxylic acids is 4. The normalized spacial score (nSPS) is 5.82. The van der Waals surface area contributed by atoms with E-state index in [0.717, 1.165) is 24.3 Å². The van der Waals surface area contributed by atoms with Crippen LogP contribution < -0.4 is 20.4 Å². The van der Waals surface area contributed by atoms with Gasteiger partial charge < -0.3 is 39.6 Å². The van der Waals surface area contributed by atoms with Crippen molar-refractivity contribution in [3.63, 3.8) is 0 Å². The van der Waals surface area contributed by atoms with Crippen LogP contribution in [0.2, 0.25) is 0 Å². The molecule has 22 heavy (non-hydrogen) atoms. The Kier molecular flexibility index (Phi) is 51.4. The zero-order valence-corrected chi connectivity index (χ0v) is 11.9. The Balaban J connectivity index is -0.0000000376. The van der Waals surface area contributed by atoms with E-state index < -0.39 is 23.9 Å². The summed E-state index contributed by atoms with van der Waals surface area (Å²) in [5.74, 6) is -4.93. The van der Waals surface area contributed by atoms with E-state index in [-0.39, 0.29) is 21.9 Å². The van der Waals surface area contributed by atoms with Crippen LogP contribution in [0.15, 0.2) is 50.6 Å². The van der Waals surface area contributed by atoms with Crippen molar-refractivity contribution < 1.29 is 39.6 Å². The SMILES string of the molecule is C=CC(=O)[O-].C=CC(=O)[O-].C=CC(=O)[O-].C=CC(=O)[O-].[Si+4].[SiH4]. The van der Waals surface area contributed by atoms with Crippen molar-refractivity contribution in [2.75, 3.05) is 0 Å². The molecular formula is C12H16O8Si2. The second kappa shape index (κ2) is 30.9. The molecule has 0 atom stereocenters. The van der Waals surface area contributed by atoms with Gasteiger partial charge in [-0.1, -0.05) is 26.3 Å². The first kappa shape index (κ1) is 36.5. The van der Waals surface area contributed by atoms with Crippen molar-refractivity contribution in [2.24, 2.45) is 0 Å². The third kappa shape index (κ3) is 164. The first-order chi connectivity index (χ1) is 9.08. The molecule has 0 aliphatic carbocycles. The standard InChI is InChI=1S/4C3H4O2.H4Si.Si/c4*1-2-3(4)5;;/h4*2H,1H2,(H,4,5);1H4;/q;;;;;+4/p-4. The Morgan fingerprint density at radius 1 is 0.545 bits per heavy atom. The summed E-state index contributed by atoms with van der Waals surface area (Å²) in [6.07, 6.45) is 2.89. The van der Waals surface area contributed by atoms with Crippen LogP contribution >= 0.6 is 0 Å². The summed E-state index contributed by atoms with van der Waals surface area (Å²) in [4.78, 5) is 36.6. The first-order valence-electron chi connectivity index (χ1n) is 4.42. The molecule has 0 aliphatic heterocycles. The summed E-state index contributed by atoms with van der Waals surface area (Å²) in [5, 5.41) is 36.6. The van der Waals surface area contributed by atoms with Crippen molar-refractivity contribution in [1.29, 1.82) is 0 Å². The molecule has 0 aliphatic rings. The van der Waals surface area contributed by atoms with Gasteiger partial charge in [0.1, 0.15) is 0 Å². The number of carbonyl (C=O) groups excluding carboxylic acids is 4. The minimum atomic E-state index is -1.23. The van der Waals surface area contributed by atoms with E-state index in [0.29, 0.717) is 0 Å². The van der Waals surface area contributed by atoms with Crippen molar-refractivity contribution in [3.05, 3.63) is 50.6 Å². The average molecular weight is 344 g/mol. The van der Waals surface area contributed by atoms with Crippen LogP contribution in [0.4, 0.5) is 0 Å². The van der Waals surface area contributed by atoms with E-state index in [2.05, 4.69) is 26.3 Å². The van der Waals surface area contributed by atoms with Crippen LogP contribution in [-0.4, -0.2) is 45.8 Å². The predicted molar refractivity (Wildman–Crippen MR) is 77.9 cm³/mol. The van der Waals surface area contributed by atoms with E-state index in [1.165, 1.54) is 0 Å². The zero-order chi connectivity index (χ0) is 17.1. The van der Waals surface area contributed by atoms with Gasteiger partial charge in [-0.3, -0.25) is 0 Å². The second-order valence-corrected chi connectivity index (χ2v) is 2.09. The molecule has 0 aromatic heterocycles. The van der Waals surface area contributed by atoms with Crippen molar-refractivity contribution in [2.45, 2.75) is 0 Å². The first-order valence-corrected chi connectivity index (χ1v) is 4.42. The Morgan fingerprint density at radius 2 is 0.591 bits per heavy atom. The summed E-state index contributed by atoms with van der Waals surface area (Å²) in [6, 6.07) is 0. The summed E-state index contributed by atoms with van der Waals surface area (Å²) in [5.41, 5.74) is 0. The van der Waals surface area contributed by atoms with E-state index in [4.69, 9.17) is 39.6 Å². The average Bonchev–Trinajstić information content (AvgIpc) is 2.40. The quantitative estimate of drug-likeness (QED) is 0.359. The fourth-order valence-corrected chi connectivity index (χ4v) is 0. The van der Waals surface area contributed by atoms with Gasteiger partial charge in [-0.05, 0) is 35.3 Å². The van der Waals surface area contributed by atoms with E-state index in [1.54, 1.807) is 0 Å². The van der Waals surface area contributed by atoms with E-state index >= 15 is 0 Å². The number of rotatable bonds is 4. The molecule has 0 heterocycles. The molecule has 120 valence electrons. The minimum absolute atomic E-state index is 0. The molecule has 0 bridgehead atoms. The monoisotopic (exact) mass is 344 g/mol. The summed E-state index contributed by atoms with van der Waals surface area (Å²) < 4.78 is 0. The third-order valence-electron chi connectivity index (χ3n) is 0.667. The predicted octanol–water partition coefficient (Wildman–Crippen LogP) is -6.14. The Bertz CT molecular complexity index is 305. The maximum absolute atomic E-state index is 9.14. The Hall–Kier alpha value is -2.73. The second-order valence-electron chi connectivity index (χ2n) is 2.09. The molecule has 0 fully saturated rings. The van der Waals surface area contributed by atoms with Gasteiger partial charge in [-0.25, -0.2) is 0 Å². The van der Waals surface area contributed by atoms with Gasteiger partial charge in [0.25, 0.3) is 0 Å². The maximum Gasteiger partial charge on any atom is 4.00 e. The van der Waals surface area contributed by atoms with Gasteiger partial charge in [0, 0.05) is 0 Å². The number of aliphatic carboxylic acids is 4. The number of carboxylic acid groups (broad SMARTS) is 4. The van der Waals surface area contributed by atoms with Gasteiger partial charge in [0.2, 0.25) is 0 Å². The molecular weight excluding hydrogens is 328 g/mol. The molecule has 0 saturated heterocycles. The molecule has 8 nitrogen and oxygen atoms in total. The van der Waals surface area contributed by atoms with Gasteiger partial charge in [0.15, 0.2) is 0 Å². The topological polar surface area (TPSA) is 161 Å². The number of carbonyl (C=O) groups is 4. The molecule has 0 spiro atoms. The fourth-order valence-electron chi connectivity index (χ4n) is 0. The van der Waals surface area contributed by atoms with E-state index in [9.17, 15) is 0 Å². The maximum atomic E-state index is 9.14. The van der Waals surface area contributed by atoms with Crippen LogP contribution in [-0.2, 0) is 19.2 Å². The smallest absolute Gasteiger partial charge is 0.545 e. The zero-order valence-electron chi connectivity index (χ0n) is 10.9. The molecule has 0 N–H and O–H groups in total. The summed E-state index contributed by atoms with van der Waals surface area (Å²) in [6.45, 7) is 11.6. The van der Waals surface area contributed by atoms with Gasteiger partial charge in [-0.15, -0.1) is 0 Å². The van der Waals surface area contributed by atoms with Gasteiger partial charge in [-0.2, -0.15) is 0 Å². The van der Waals surface area contributed by atoms with Crippen molar-refractivity contribution >= 4 is 45.8 Å². The summed E-state index contributed by atoms with van der Waals surface area (Å²) >= 11 is 0. The molecule has 10 heteroatoms. The molecule has 0 aromatic carbocycles. The van der Waals surface area contributed by atoms with Crippen LogP contribution in [0.1, 0.15) is 0 Å². The van der Waals surface area contributed by atoms with Crippen LogP contribution in [0, 0.1) is 0 Å². The van der Waals surface area contributed by atoms with Crippen molar-refractivity contribution in [1.82, 2.24) is 0 Å². The van der Waals surface area contributed by atoms with Crippen molar-refractivity contribution in [3.8, 4) is 0 Å². The molecule has 0 saturated carbocycles. The number of hydrogen-bond donors (Lipinski definition) is 0. The van der Waals surface area contributed by atoms with Crippen LogP contribution in [0.5, 0.6) is 0 Å². The van der Waals surface area contributed by atoms with E-state index in [1.807, 2.05) is 0 Å². The Morgan fingerprint density at radius 3 is 0.591 bits per heavy atom. The fraction of sp³-hybridized carbons (Fsp3) is 0. The largest absolute Gasteiger partial charge is 4.00 e. The molecule has 0 radical (unpaired) electrons. The van der Waals surface area contributed by atoms with Gasteiger partial charge >= 0.3 is 11.0 Å². The Labute approximate surface area is 136 Å². The molecule has 0 aromatic rings. The molecule has 0 rings (SSSR count). The molecule has 0 unspecified atom stereocenters. The molecule has 0 amide bonds.